The zero-order chi connectivity index (χ0) is 12.8. The van der Waals surface area contributed by atoms with Crippen molar-refractivity contribution in [1.82, 2.24) is 20.4 Å². The lowest BCUT2D eigenvalue weighted by molar-refractivity contribution is -0.118. The first-order valence-electron chi connectivity index (χ1n) is 5.95. The van der Waals surface area contributed by atoms with Gasteiger partial charge in [0.1, 0.15) is 0 Å². The molecule has 6 nitrogen and oxygen atoms in total. The number of nitrogens with two attached hydrogens (primary N) is 1. The summed E-state index contributed by atoms with van der Waals surface area (Å²) in [5, 5.41) is 10.9. The molecule has 0 spiro atoms. The smallest absolute Gasteiger partial charge is 0.230 e. The lowest BCUT2D eigenvalue weighted by Crippen LogP contribution is -2.34. The molecule has 1 fully saturated rings. The minimum absolute atomic E-state index is 0.0352. The number of carbonyl (C=O) groups is 1. The van der Waals surface area contributed by atoms with E-state index in [1.165, 1.54) is 35.9 Å². The van der Waals surface area contributed by atoms with Gasteiger partial charge in [-0.3, -0.25) is 4.79 Å². The second-order valence-electron chi connectivity index (χ2n) is 4.09. The van der Waals surface area contributed by atoms with Crippen molar-refractivity contribution in [3.63, 3.8) is 0 Å². The topological polar surface area (TPSA) is 84.1 Å². The molecule has 0 aromatic carbocycles. The van der Waals surface area contributed by atoms with E-state index in [9.17, 15) is 4.79 Å². The van der Waals surface area contributed by atoms with Crippen molar-refractivity contribution in [3.8, 4) is 0 Å². The maximum atomic E-state index is 11.6. The Morgan fingerprint density at radius 2 is 2.22 bits per heavy atom. The molecule has 3 N–H and O–H groups in total. The number of hydrogen-bond donors (Lipinski definition) is 2. The Hall–Kier alpha value is -0.860. The Labute approximate surface area is 114 Å². The van der Waals surface area contributed by atoms with E-state index in [0.717, 1.165) is 30.5 Å². The van der Waals surface area contributed by atoms with Crippen molar-refractivity contribution in [1.29, 1.82) is 0 Å². The summed E-state index contributed by atoms with van der Waals surface area (Å²) >= 11 is 2.68. The maximum Gasteiger partial charge on any atom is 0.230 e. The number of rotatable bonds is 6. The van der Waals surface area contributed by atoms with E-state index in [2.05, 4.69) is 20.4 Å². The standard InChI is InChI=1S/C10H17N5OS2/c11-9-13-14-10(18-9)17-7-8(16)12-3-6-15-4-1-2-5-15/h1-7H2,(H2,11,13)(H,12,16). The fourth-order valence-electron chi connectivity index (χ4n) is 1.82. The second kappa shape index (κ2) is 6.91. The van der Waals surface area contributed by atoms with E-state index in [4.69, 9.17) is 5.73 Å². The number of hydrogen-bond acceptors (Lipinski definition) is 7. The molecule has 0 aliphatic carbocycles. The Morgan fingerprint density at radius 3 is 2.89 bits per heavy atom. The van der Waals surface area contributed by atoms with E-state index in [1.807, 2.05) is 0 Å². The average molecular weight is 287 g/mol. The minimum Gasteiger partial charge on any atom is -0.374 e. The van der Waals surface area contributed by atoms with Crippen LogP contribution in [-0.4, -0.2) is 52.9 Å². The summed E-state index contributed by atoms with van der Waals surface area (Å²) in [6.45, 7) is 3.99. The van der Waals surface area contributed by atoms with Crippen LogP contribution in [0.25, 0.3) is 0 Å². The number of amides is 1. The van der Waals surface area contributed by atoms with Crippen molar-refractivity contribution < 1.29 is 4.79 Å². The molecular weight excluding hydrogens is 270 g/mol. The van der Waals surface area contributed by atoms with Gasteiger partial charge in [0, 0.05) is 13.1 Å². The molecule has 1 aromatic rings. The van der Waals surface area contributed by atoms with Crippen LogP contribution in [0.4, 0.5) is 5.13 Å². The third-order valence-electron chi connectivity index (χ3n) is 2.70. The van der Waals surface area contributed by atoms with Gasteiger partial charge in [0.25, 0.3) is 0 Å². The predicted molar refractivity (Wildman–Crippen MR) is 73.7 cm³/mol. The summed E-state index contributed by atoms with van der Waals surface area (Å²) in [6, 6.07) is 0. The number of anilines is 1. The van der Waals surface area contributed by atoms with Crippen LogP contribution in [0, 0.1) is 0 Å². The molecule has 2 heterocycles. The van der Waals surface area contributed by atoms with Crippen LogP contribution in [-0.2, 0) is 4.79 Å². The van der Waals surface area contributed by atoms with Gasteiger partial charge in [-0.05, 0) is 25.9 Å². The lowest BCUT2D eigenvalue weighted by Gasteiger charge is -2.14. The van der Waals surface area contributed by atoms with Crippen molar-refractivity contribution in [3.05, 3.63) is 0 Å². The first-order valence-corrected chi connectivity index (χ1v) is 7.75. The van der Waals surface area contributed by atoms with Gasteiger partial charge >= 0.3 is 0 Å². The summed E-state index contributed by atoms with van der Waals surface area (Å²) in [6.07, 6.45) is 2.56. The number of nitrogen functional groups attached to an aromatic ring is 1. The van der Waals surface area contributed by atoms with Gasteiger partial charge in [-0.2, -0.15) is 0 Å². The van der Waals surface area contributed by atoms with E-state index < -0.39 is 0 Å². The fraction of sp³-hybridized carbons (Fsp3) is 0.700. The molecule has 0 unspecified atom stereocenters. The largest absolute Gasteiger partial charge is 0.374 e. The SMILES string of the molecule is Nc1nnc(SCC(=O)NCCN2CCCC2)s1. The number of nitrogens with zero attached hydrogens (tertiary/aromatic N) is 3. The van der Waals surface area contributed by atoms with Crippen LogP contribution < -0.4 is 11.1 Å². The second-order valence-corrected chi connectivity index (χ2v) is 6.33. The van der Waals surface area contributed by atoms with Gasteiger partial charge in [0.15, 0.2) is 4.34 Å². The highest BCUT2D eigenvalue weighted by Crippen LogP contribution is 2.22. The van der Waals surface area contributed by atoms with Gasteiger partial charge in [0.2, 0.25) is 11.0 Å². The van der Waals surface area contributed by atoms with Gasteiger partial charge < -0.3 is 16.0 Å². The van der Waals surface area contributed by atoms with Crippen LogP contribution in [0.3, 0.4) is 0 Å². The van der Waals surface area contributed by atoms with Gasteiger partial charge in [-0.1, -0.05) is 23.1 Å². The third-order valence-corrected chi connectivity index (χ3v) is 4.58. The first kappa shape index (κ1) is 13.6. The number of likely N-dealkylation sites (tertiary alicyclic amines) is 1. The molecule has 1 aliphatic heterocycles. The van der Waals surface area contributed by atoms with Crippen molar-refractivity contribution in [2.45, 2.75) is 17.2 Å². The molecule has 1 aliphatic rings. The van der Waals surface area contributed by atoms with Crippen LogP contribution in [0.2, 0.25) is 0 Å². The van der Waals surface area contributed by atoms with Crippen LogP contribution >= 0.6 is 23.1 Å². The summed E-state index contributed by atoms with van der Waals surface area (Å²) in [7, 11) is 0. The summed E-state index contributed by atoms with van der Waals surface area (Å²) < 4.78 is 0.738. The van der Waals surface area contributed by atoms with E-state index >= 15 is 0 Å². The fourth-order valence-corrected chi connectivity index (χ4v) is 3.28. The van der Waals surface area contributed by atoms with Crippen LogP contribution in [0.5, 0.6) is 0 Å². The molecule has 0 atom stereocenters. The van der Waals surface area contributed by atoms with E-state index in [1.54, 1.807) is 0 Å². The number of nitrogens with one attached hydrogen (secondary N) is 1. The number of aromatic nitrogens is 2. The third kappa shape index (κ3) is 4.43. The highest BCUT2D eigenvalue weighted by molar-refractivity contribution is 8.01. The summed E-state index contributed by atoms with van der Waals surface area (Å²) in [4.78, 5) is 13.9. The van der Waals surface area contributed by atoms with Crippen molar-refractivity contribution in [2.75, 3.05) is 37.7 Å². The zero-order valence-electron chi connectivity index (χ0n) is 10.1. The molecule has 2 rings (SSSR count). The molecule has 1 aromatic heterocycles. The highest BCUT2D eigenvalue weighted by Gasteiger charge is 2.11. The number of carbonyl (C=O) groups excluding carboxylic acids is 1. The Morgan fingerprint density at radius 1 is 1.44 bits per heavy atom. The monoisotopic (exact) mass is 287 g/mol. The molecule has 0 saturated carbocycles. The van der Waals surface area contributed by atoms with Gasteiger partial charge in [-0.25, -0.2) is 0 Å². The normalized spacial score (nSPS) is 16.0. The molecule has 100 valence electrons. The van der Waals surface area contributed by atoms with Crippen LogP contribution in [0.15, 0.2) is 4.34 Å². The first-order chi connectivity index (χ1) is 8.74. The zero-order valence-corrected chi connectivity index (χ0v) is 11.7. The van der Waals surface area contributed by atoms with E-state index in [0.29, 0.717) is 10.9 Å². The molecule has 1 saturated heterocycles. The Bertz CT molecular complexity index is 391. The molecule has 18 heavy (non-hydrogen) atoms. The summed E-state index contributed by atoms with van der Waals surface area (Å²) in [5.41, 5.74) is 5.46. The molecule has 0 radical (unpaired) electrons. The highest BCUT2D eigenvalue weighted by atomic mass is 32.2. The van der Waals surface area contributed by atoms with Crippen LogP contribution in [0.1, 0.15) is 12.8 Å². The average Bonchev–Trinajstić information content (AvgIpc) is 2.98. The maximum absolute atomic E-state index is 11.6. The Balaban J connectivity index is 1.57. The number of thioether (sulfide) groups is 1. The molecule has 8 heteroatoms. The Kier molecular flexibility index (Phi) is 5.21. The summed E-state index contributed by atoms with van der Waals surface area (Å²) in [5.74, 6) is 0.405. The molecular formula is C10H17N5OS2. The quantitative estimate of drug-likeness (QED) is 0.738. The minimum atomic E-state index is 0.0352. The van der Waals surface area contributed by atoms with Crippen molar-refractivity contribution >= 4 is 34.1 Å². The lowest BCUT2D eigenvalue weighted by atomic mass is 10.4. The molecule has 1 amide bonds. The van der Waals surface area contributed by atoms with E-state index in [-0.39, 0.29) is 5.91 Å². The van der Waals surface area contributed by atoms with Gasteiger partial charge in [-0.15, -0.1) is 10.2 Å². The van der Waals surface area contributed by atoms with Gasteiger partial charge in [0.05, 0.1) is 5.75 Å². The predicted octanol–water partition coefficient (Wildman–Crippen LogP) is 0.424. The van der Waals surface area contributed by atoms with Crippen molar-refractivity contribution in [2.24, 2.45) is 0 Å². The molecule has 0 bridgehead atoms.